The molecule has 30 heavy (non-hydrogen) atoms. The molecule has 1 saturated heterocycles. The molecule has 1 aliphatic rings. The highest BCUT2D eigenvalue weighted by Gasteiger charge is 2.17. The molecule has 1 aromatic carbocycles. The van der Waals surface area contributed by atoms with Crippen LogP contribution in [-0.2, 0) is 11.2 Å². The Hall–Kier alpha value is -3.00. The van der Waals surface area contributed by atoms with Crippen molar-refractivity contribution in [2.24, 2.45) is 0 Å². The van der Waals surface area contributed by atoms with Crippen LogP contribution in [0.25, 0.3) is 5.65 Å². The van der Waals surface area contributed by atoms with Gasteiger partial charge in [0.2, 0.25) is 5.91 Å². The van der Waals surface area contributed by atoms with Crippen molar-refractivity contribution in [3.05, 3.63) is 53.9 Å². The lowest BCUT2D eigenvalue weighted by Gasteiger charge is -2.33. The van der Waals surface area contributed by atoms with Gasteiger partial charge in [0, 0.05) is 45.6 Å². The van der Waals surface area contributed by atoms with Crippen molar-refractivity contribution >= 4 is 17.4 Å². The van der Waals surface area contributed by atoms with Crippen LogP contribution in [0, 0.1) is 0 Å². The second-order valence-electron chi connectivity index (χ2n) is 7.98. The second-order valence-corrected chi connectivity index (χ2v) is 7.98. The van der Waals surface area contributed by atoms with Crippen LogP contribution in [0.1, 0.15) is 30.7 Å². The summed E-state index contributed by atoms with van der Waals surface area (Å²) >= 11 is 0. The lowest BCUT2D eigenvalue weighted by atomic mass is 10.0. The van der Waals surface area contributed by atoms with Gasteiger partial charge in [0.05, 0.1) is 0 Å². The van der Waals surface area contributed by atoms with Crippen LogP contribution in [0.2, 0.25) is 0 Å². The van der Waals surface area contributed by atoms with E-state index in [2.05, 4.69) is 51.4 Å². The molecule has 158 valence electrons. The Bertz CT molecular complexity index is 980. The number of amides is 1. The minimum Gasteiger partial charge on any atom is -0.355 e. The molecule has 0 bridgehead atoms. The third-order valence-electron chi connectivity index (χ3n) is 5.69. The minimum absolute atomic E-state index is 0.0183. The summed E-state index contributed by atoms with van der Waals surface area (Å²) in [5.74, 6) is 1.94. The number of carbonyl (C=O) groups is 1. The fraction of sp³-hybridized carbons (Fsp3) is 0.455. The molecule has 0 unspecified atom stereocenters. The first-order valence-corrected chi connectivity index (χ1v) is 10.6. The van der Waals surface area contributed by atoms with Gasteiger partial charge in [-0.05, 0) is 30.7 Å². The number of aryl methyl sites for hydroxylation is 1. The number of piperazine rings is 1. The molecule has 0 aliphatic carbocycles. The highest BCUT2D eigenvalue weighted by atomic mass is 16.1. The average molecular weight is 408 g/mol. The molecule has 1 atom stereocenters. The predicted molar refractivity (Wildman–Crippen MR) is 117 cm³/mol. The summed E-state index contributed by atoms with van der Waals surface area (Å²) in [5.41, 5.74) is 1.93. The van der Waals surface area contributed by atoms with Crippen molar-refractivity contribution in [2.75, 3.05) is 44.7 Å². The Morgan fingerprint density at radius 2 is 1.83 bits per heavy atom. The van der Waals surface area contributed by atoms with Gasteiger partial charge in [-0.25, -0.2) is 0 Å². The van der Waals surface area contributed by atoms with Crippen LogP contribution in [0.15, 0.2) is 42.5 Å². The maximum atomic E-state index is 12.4. The van der Waals surface area contributed by atoms with Crippen LogP contribution in [0.4, 0.5) is 5.82 Å². The highest BCUT2D eigenvalue weighted by Crippen LogP contribution is 2.15. The average Bonchev–Trinajstić information content (AvgIpc) is 3.19. The molecule has 8 heteroatoms. The Morgan fingerprint density at radius 3 is 2.60 bits per heavy atom. The molecular formula is C22H29N7O. The SMILES string of the molecule is C[C@H](CNC(=O)CCc1nnc2ccc(N3CCN(C)CC3)nn12)c1ccccc1. The van der Waals surface area contributed by atoms with E-state index in [1.165, 1.54) is 5.56 Å². The zero-order valence-electron chi connectivity index (χ0n) is 17.7. The quantitative estimate of drug-likeness (QED) is 0.643. The van der Waals surface area contributed by atoms with Crippen molar-refractivity contribution < 1.29 is 4.79 Å². The van der Waals surface area contributed by atoms with Gasteiger partial charge >= 0.3 is 0 Å². The third-order valence-corrected chi connectivity index (χ3v) is 5.69. The molecule has 0 radical (unpaired) electrons. The summed E-state index contributed by atoms with van der Waals surface area (Å²) < 4.78 is 1.77. The molecule has 1 fully saturated rings. The fourth-order valence-corrected chi connectivity index (χ4v) is 3.66. The normalized spacial score (nSPS) is 16.0. The van der Waals surface area contributed by atoms with Crippen LogP contribution in [0.5, 0.6) is 0 Å². The van der Waals surface area contributed by atoms with Gasteiger partial charge in [-0.3, -0.25) is 4.79 Å². The van der Waals surface area contributed by atoms with E-state index in [4.69, 9.17) is 5.10 Å². The summed E-state index contributed by atoms with van der Waals surface area (Å²) in [6.45, 7) is 6.69. The number of benzene rings is 1. The van der Waals surface area contributed by atoms with E-state index in [0.717, 1.165) is 32.0 Å². The van der Waals surface area contributed by atoms with E-state index in [-0.39, 0.29) is 11.8 Å². The smallest absolute Gasteiger partial charge is 0.220 e. The van der Waals surface area contributed by atoms with Crippen LogP contribution >= 0.6 is 0 Å². The van der Waals surface area contributed by atoms with Gasteiger partial charge < -0.3 is 15.1 Å². The molecule has 3 aromatic rings. The van der Waals surface area contributed by atoms with E-state index < -0.39 is 0 Å². The molecule has 0 spiro atoms. The molecule has 1 amide bonds. The number of fused-ring (bicyclic) bond motifs is 1. The van der Waals surface area contributed by atoms with Crippen LogP contribution in [-0.4, -0.2) is 70.4 Å². The first-order valence-electron chi connectivity index (χ1n) is 10.6. The topological polar surface area (TPSA) is 78.7 Å². The number of nitrogens with one attached hydrogen (secondary N) is 1. The number of aromatic nitrogens is 4. The fourth-order valence-electron chi connectivity index (χ4n) is 3.66. The van der Waals surface area contributed by atoms with Gasteiger partial charge in [0.1, 0.15) is 5.82 Å². The molecule has 1 aliphatic heterocycles. The Morgan fingerprint density at radius 1 is 1.07 bits per heavy atom. The summed E-state index contributed by atoms with van der Waals surface area (Å²) in [4.78, 5) is 16.9. The molecule has 0 saturated carbocycles. The van der Waals surface area contributed by atoms with Gasteiger partial charge in [-0.1, -0.05) is 37.3 Å². The van der Waals surface area contributed by atoms with Gasteiger partial charge in [0.25, 0.3) is 0 Å². The molecular weight excluding hydrogens is 378 g/mol. The van der Waals surface area contributed by atoms with Gasteiger partial charge in [-0.2, -0.15) is 4.52 Å². The Labute approximate surface area is 176 Å². The monoisotopic (exact) mass is 407 g/mol. The number of anilines is 1. The van der Waals surface area contributed by atoms with E-state index >= 15 is 0 Å². The first kappa shape index (κ1) is 20.3. The lowest BCUT2D eigenvalue weighted by molar-refractivity contribution is -0.121. The van der Waals surface area contributed by atoms with E-state index in [9.17, 15) is 4.79 Å². The molecule has 8 nitrogen and oxygen atoms in total. The van der Waals surface area contributed by atoms with Crippen LogP contribution < -0.4 is 10.2 Å². The lowest BCUT2D eigenvalue weighted by Crippen LogP contribution is -2.45. The van der Waals surface area contributed by atoms with Crippen molar-refractivity contribution in [1.82, 2.24) is 30.0 Å². The number of hydrogen-bond donors (Lipinski definition) is 1. The third kappa shape index (κ3) is 4.76. The van der Waals surface area contributed by atoms with Crippen molar-refractivity contribution in [3.63, 3.8) is 0 Å². The minimum atomic E-state index is 0.0183. The number of rotatable bonds is 7. The summed E-state index contributed by atoms with van der Waals surface area (Å²) in [5, 5.41) is 16.2. The van der Waals surface area contributed by atoms with Gasteiger partial charge in [-0.15, -0.1) is 15.3 Å². The Kier molecular flexibility index (Phi) is 6.23. The largest absolute Gasteiger partial charge is 0.355 e. The predicted octanol–water partition coefficient (Wildman–Crippen LogP) is 1.73. The maximum Gasteiger partial charge on any atom is 0.220 e. The van der Waals surface area contributed by atoms with E-state index in [1.54, 1.807) is 4.52 Å². The summed E-state index contributed by atoms with van der Waals surface area (Å²) in [6.07, 6.45) is 0.870. The molecule has 3 heterocycles. The van der Waals surface area contributed by atoms with Crippen molar-refractivity contribution in [2.45, 2.75) is 25.7 Å². The standard InChI is InChI=1S/C22H29N7O/c1-17(18-6-4-3-5-7-18)16-23-22(30)11-10-20-25-24-19-8-9-21(26-29(19)20)28-14-12-27(2)13-15-28/h3-9,17H,10-16H2,1-2H3,(H,23,30)/t17-/m1/s1. The summed E-state index contributed by atoms with van der Waals surface area (Å²) in [6, 6.07) is 14.2. The molecule has 2 aromatic heterocycles. The van der Waals surface area contributed by atoms with Crippen molar-refractivity contribution in [3.8, 4) is 0 Å². The zero-order valence-corrected chi connectivity index (χ0v) is 17.7. The number of likely N-dealkylation sites (N-methyl/N-ethyl adjacent to an activating group) is 1. The Balaban J connectivity index is 1.34. The van der Waals surface area contributed by atoms with E-state index in [1.807, 2.05) is 30.3 Å². The molecule has 1 N–H and O–H groups in total. The summed E-state index contributed by atoms with van der Waals surface area (Å²) in [7, 11) is 2.14. The second kappa shape index (κ2) is 9.21. The number of nitrogens with zero attached hydrogens (tertiary/aromatic N) is 6. The molecule has 4 rings (SSSR count). The first-order chi connectivity index (χ1) is 14.6. The van der Waals surface area contributed by atoms with Crippen LogP contribution in [0.3, 0.4) is 0 Å². The highest BCUT2D eigenvalue weighted by molar-refractivity contribution is 5.76. The van der Waals surface area contributed by atoms with Crippen molar-refractivity contribution in [1.29, 1.82) is 0 Å². The number of carbonyl (C=O) groups excluding carboxylic acids is 1. The number of hydrogen-bond acceptors (Lipinski definition) is 6. The zero-order chi connectivity index (χ0) is 20.9. The van der Waals surface area contributed by atoms with E-state index in [0.29, 0.717) is 30.9 Å². The van der Waals surface area contributed by atoms with Gasteiger partial charge in [0.15, 0.2) is 11.5 Å². The maximum absolute atomic E-state index is 12.4.